The van der Waals surface area contributed by atoms with Crippen LogP contribution in [-0.4, -0.2) is 42.6 Å². The maximum atomic E-state index is 13.2. The minimum absolute atomic E-state index is 0.121. The molecule has 0 aliphatic carbocycles. The molecule has 1 N–H and O–H groups in total. The van der Waals surface area contributed by atoms with Crippen LogP contribution in [0.15, 0.2) is 53.0 Å². The molecule has 0 saturated carbocycles. The Labute approximate surface area is 212 Å². The second-order valence-electron chi connectivity index (χ2n) is 10.4. The molecule has 0 unspecified atom stereocenters. The van der Waals surface area contributed by atoms with E-state index < -0.39 is 0 Å². The molecule has 0 spiro atoms. The molecular formula is C28H33ClFN3O2. The molecule has 5 nitrogen and oxygen atoms in total. The number of nitrogens with one attached hydrogen (secondary N) is 1. The molecule has 1 saturated heterocycles. The standard InChI is InChI=1S/C23H21ClFN3O2.C5H12/c24-21-9-8-17(12-18(21)23(30)28-10-2-1-3-11-28)27-22(29)20-14-26-13-19(20)15-4-6-16(25)7-5-15;1-5(2,3)4/h4-9,12,14H,1-3,10-11,13H2,(H,27,29);1-4H3. The Balaban J connectivity index is 0.000000623. The molecule has 186 valence electrons. The number of halogens is 2. The first kappa shape index (κ1) is 26.6. The molecule has 0 aromatic heterocycles. The highest BCUT2D eigenvalue weighted by Crippen LogP contribution is 2.26. The van der Waals surface area contributed by atoms with Crippen LogP contribution in [0.4, 0.5) is 10.1 Å². The number of hydrogen-bond acceptors (Lipinski definition) is 3. The van der Waals surface area contributed by atoms with Crippen LogP contribution in [-0.2, 0) is 4.79 Å². The second kappa shape index (κ2) is 11.6. The van der Waals surface area contributed by atoms with Crippen LogP contribution in [0, 0.1) is 11.2 Å². The largest absolute Gasteiger partial charge is 0.339 e. The monoisotopic (exact) mass is 497 g/mol. The van der Waals surface area contributed by atoms with Gasteiger partial charge in [0, 0.05) is 25.0 Å². The third-order valence-electron chi connectivity index (χ3n) is 5.33. The number of nitrogens with zero attached hydrogens (tertiary/aromatic N) is 2. The number of anilines is 1. The minimum Gasteiger partial charge on any atom is -0.339 e. The summed E-state index contributed by atoms with van der Waals surface area (Å²) in [6, 6.07) is 10.9. The van der Waals surface area contributed by atoms with Crippen molar-refractivity contribution in [3.63, 3.8) is 0 Å². The number of hydrogen-bond donors (Lipinski definition) is 1. The number of benzene rings is 2. The predicted molar refractivity (Wildman–Crippen MR) is 142 cm³/mol. The van der Waals surface area contributed by atoms with Crippen molar-refractivity contribution >= 4 is 40.9 Å². The Kier molecular flexibility index (Phi) is 8.84. The van der Waals surface area contributed by atoms with Crippen molar-refractivity contribution < 1.29 is 14.0 Å². The van der Waals surface area contributed by atoms with Gasteiger partial charge in [-0.2, -0.15) is 0 Å². The Morgan fingerprint density at radius 2 is 1.63 bits per heavy atom. The summed E-state index contributed by atoms with van der Waals surface area (Å²) in [7, 11) is 0. The molecule has 2 aromatic rings. The van der Waals surface area contributed by atoms with Gasteiger partial charge in [-0.05, 0) is 66.1 Å². The van der Waals surface area contributed by atoms with Crippen molar-refractivity contribution in [2.75, 3.05) is 25.0 Å². The Morgan fingerprint density at radius 3 is 2.26 bits per heavy atom. The van der Waals surface area contributed by atoms with E-state index in [0.29, 0.717) is 33.8 Å². The normalized spacial score (nSPS) is 15.5. The van der Waals surface area contributed by atoms with Gasteiger partial charge < -0.3 is 10.2 Å². The van der Waals surface area contributed by atoms with Crippen LogP contribution in [0.3, 0.4) is 0 Å². The van der Waals surface area contributed by atoms with Crippen LogP contribution in [0.5, 0.6) is 0 Å². The topological polar surface area (TPSA) is 61.8 Å². The molecule has 2 heterocycles. The quantitative estimate of drug-likeness (QED) is 0.515. The average molecular weight is 498 g/mol. The van der Waals surface area contributed by atoms with E-state index in [1.54, 1.807) is 35.2 Å². The van der Waals surface area contributed by atoms with E-state index in [1.807, 2.05) is 0 Å². The van der Waals surface area contributed by atoms with Crippen LogP contribution >= 0.6 is 11.6 Å². The van der Waals surface area contributed by atoms with Crippen molar-refractivity contribution in [3.05, 3.63) is 70.0 Å². The van der Waals surface area contributed by atoms with Gasteiger partial charge in [0.25, 0.3) is 11.8 Å². The van der Waals surface area contributed by atoms with Gasteiger partial charge in [-0.25, -0.2) is 4.39 Å². The summed E-state index contributed by atoms with van der Waals surface area (Å²) in [6.07, 6.45) is 4.61. The zero-order chi connectivity index (χ0) is 25.6. The van der Waals surface area contributed by atoms with Crippen LogP contribution in [0.1, 0.15) is 62.9 Å². The molecule has 2 aliphatic rings. The highest BCUT2D eigenvalue weighted by atomic mass is 35.5. The fraction of sp³-hybridized carbons (Fsp3) is 0.393. The molecule has 0 bridgehead atoms. The number of likely N-dealkylation sites (tertiary alicyclic amines) is 1. The van der Waals surface area contributed by atoms with Crippen molar-refractivity contribution in [3.8, 4) is 0 Å². The number of carbonyl (C=O) groups is 2. The molecule has 2 amide bonds. The van der Waals surface area contributed by atoms with Gasteiger partial charge >= 0.3 is 0 Å². The van der Waals surface area contributed by atoms with E-state index in [1.165, 1.54) is 18.3 Å². The first-order chi connectivity index (χ1) is 16.5. The molecule has 0 atom stereocenters. The number of rotatable bonds is 4. The fourth-order valence-electron chi connectivity index (χ4n) is 3.72. The summed E-state index contributed by atoms with van der Waals surface area (Å²) in [4.78, 5) is 31.7. The number of carbonyl (C=O) groups excluding carboxylic acids is 2. The van der Waals surface area contributed by atoms with Crippen molar-refractivity contribution in [1.29, 1.82) is 0 Å². The van der Waals surface area contributed by atoms with Gasteiger partial charge in [0.05, 0.1) is 22.7 Å². The highest BCUT2D eigenvalue weighted by Gasteiger charge is 2.23. The van der Waals surface area contributed by atoms with E-state index in [4.69, 9.17) is 11.6 Å². The highest BCUT2D eigenvalue weighted by molar-refractivity contribution is 6.34. The van der Waals surface area contributed by atoms with Crippen LogP contribution in [0.25, 0.3) is 5.57 Å². The summed E-state index contributed by atoms with van der Waals surface area (Å²) < 4.78 is 13.2. The first-order valence-electron chi connectivity index (χ1n) is 11.9. The Morgan fingerprint density at radius 1 is 1.00 bits per heavy atom. The number of aliphatic imine (C=N–C) groups is 1. The third kappa shape index (κ3) is 7.76. The molecule has 7 heteroatoms. The van der Waals surface area contributed by atoms with Gasteiger partial charge in [-0.3, -0.25) is 14.6 Å². The lowest BCUT2D eigenvalue weighted by Gasteiger charge is -2.27. The van der Waals surface area contributed by atoms with Crippen LogP contribution < -0.4 is 5.32 Å². The maximum absolute atomic E-state index is 13.2. The molecule has 1 fully saturated rings. The van der Waals surface area contributed by atoms with Gasteiger partial charge in [-0.15, -0.1) is 0 Å². The summed E-state index contributed by atoms with van der Waals surface area (Å²) in [5.41, 5.74) is 3.25. The van der Waals surface area contributed by atoms with E-state index >= 15 is 0 Å². The number of piperidine rings is 1. The second-order valence-corrected chi connectivity index (χ2v) is 10.8. The summed E-state index contributed by atoms with van der Waals surface area (Å²) in [5, 5.41) is 3.19. The fourth-order valence-corrected chi connectivity index (χ4v) is 3.92. The average Bonchev–Trinajstić information content (AvgIpc) is 3.30. The summed E-state index contributed by atoms with van der Waals surface area (Å²) in [5.74, 6) is -0.796. The van der Waals surface area contributed by atoms with Gasteiger partial charge in [0.15, 0.2) is 0 Å². The summed E-state index contributed by atoms with van der Waals surface area (Å²) in [6.45, 7) is 10.5. The minimum atomic E-state index is -0.339. The molecular weight excluding hydrogens is 465 g/mol. The molecule has 35 heavy (non-hydrogen) atoms. The maximum Gasteiger partial charge on any atom is 0.257 e. The van der Waals surface area contributed by atoms with Crippen molar-refractivity contribution in [2.24, 2.45) is 10.4 Å². The smallest absolute Gasteiger partial charge is 0.257 e. The zero-order valence-corrected chi connectivity index (χ0v) is 21.6. The van der Waals surface area contributed by atoms with E-state index in [-0.39, 0.29) is 17.6 Å². The van der Waals surface area contributed by atoms with E-state index in [0.717, 1.165) is 43.5 Å². The van der Waals surface area contributed by atoms with Gasteiger partial charge in [-0.1, -0.05) is 51.4 Å². The molecule has 0 radical (unpaired) electrons. The van der Waals surface area contributed by atoms with E-state index in [2.05, 4.69) is 38.0 Å². The van der Waals surface area contributed by atoms with Crippen LogP contribution in [0.2, 0.25) is 5.02 Å². The Bertz CT molecular complexity index is 1120. The lowest BCUT2D eigenvalue weighted by atomic mass is 10.0. The lowest BCUT2D eigenvalue weighted by molar-refractivity contribution is -0.112. The molecule has 2 aliphatic heterocycles. The third-order valence-corrected chi connectivity index (χ3v) is 5.66. The van der Waals surface area contributed by atoms with Gasteiger partial charge in [0.1, 0.15) is 5.82 Å². The Hall–Kier alpha value is -2.99. The van der Waals surface area contributed by atoms with Crippen molar-refractivity contribution in [1.82, 2.24) is 4.90 Å². The SMILES string of the molecule is CC(C)(C)C.O=C(Nc1ccc(Cl)c(C(=O)N2CCCCC2)c1)C1=C(c2ccc(F)cc2)CN=C1. The number of amides is 2. The predicted octanol–water partition coefficient (Wildman–Crippen LogP) is 6.63. The van der Waals surface area contributed by atoms with Gasteiger partial charge in [0.2, 0.25) is 0 Å². The zero-order valence-electron chi connectivity index (χ0n) is 20.8. The molecule has 4 rings (SSSR count). The summed E-state index contributed by atoms with van der Waals surface area (Å²) >= 11 is 6.27. The molecule has 2 aromatic carbocycles. The van der Waals surface area contributed by atoms with E-state index in [9.17, 15) is 14.0 Å². The lowest BCUT2D eigenvalue weighted by Crippen LogP contribution is -2.35. The first-order valence-corrected chi connectivity index (χ1v) is 12.3. The van der Waals surface area contributed by atoms with Crippen molar-refractivity contribution in [2.45, 2.75) is 47.0 Å².